The van der Waals surface area contributed by atoms with E-state index in [1.54, 1.807) is 24.3 Å². The standard InChI is InChI=1S/C12H15NO/c1-12(2,3)11(14)10-6-4-9(8-13)5-7-10/h4-8,13H,1-3H3. The van der Waals surface area contributed by atoms with Crippen LogP contribution >= 0.6 is 0 Å². The van der Waals surface area contributed by atoms with E-state index in [9.17, 15) is 4.79 Å². The van der Waals surface area contributed by atoms with Crippen LogP contribution in [0, 0.1) is 10.8 Å². The quantitative estimate of drug-likeness (QED) is 0.564. The van der Waals surface area contributed by atoms with Crippen LogP contribution in [0.2, 0.25) is 0 Å². The van der Waals surface area contributed by atoms with Crippen LogP contribution in [-0.2, 0) is 0 Å². The van der Waals surface area contributed by atoms with Crippen LogP contribution in [0.5, 0.6) is 0 Å². The zero-order chi connectivity index (χ0) is 10.8. The summed E-state index contributed by atoms with van der Waals surface area (Å²) in [5.74, 6) is 0.133. The van der Waals surface area contributed by atoms with Gasteiger partial charge < -0.3 is 5.41 Å². The van der Waals surface area contributed by atoms with E-state index in [2.05, 4.69) is 0 Å². The van der Waals surface area contributed by atoms with Crippen molar-refractivity contribution in [2.24, 2.45) is 5.41 Å². The lowest BCUT2D eigenvalue weighted by atomic mass is 9.86. The summed E-state index contributed by atoms with van der Waals surface area (Å²) < 4.78 is 0. The first-order valence-electron chi connectivity index (χ1n) is 4.60. The van der Waals surface area contributed by atoms with Gasteiger partial charge in [0.15, 0.2) is 5.78 Å². The maximum Gasteiger partial charge on any atom is 0.168 e. The van der Waals surface area contributed by atoms with Crippen LogP contribution < -0.4 is 0 Å². The average Bonchev–Trinajstić information content (AvgIpc) is 2.15. The summed E-state index contributed by atoms with van der Waals surface area (Å²) in [4.78, 5) is 11.8. The molecule has 1 aromatic carbocycles. The predicted octanol–water partition coefficient (Wildman–Crippen LogP) is 2.91. The third-order valence-corrected chi connectivity index (χ3v) is 2.02. The first-order valence-corrected chi connectivity index (χ1v) is 4.60. The van der Waals surface area contributed by atoms with E-state index < -0.39 is 0 Å². The first kappa shape index (κ1) is 10.6. The lowest BCUT2D eigenvalue weighted by Crippen LogP contribution is -2.20. The Hall–Kier alpha value is -1.44. The van der Waals surface area contributed by atoms with Gasteiger partial charge in [0.05, 0.1) is 0 Å². The fraction of sp³-hybridized carbons (Fsp3) is 0.333. The Morgan fingerprint density at radius 1 is 1.21 bits per heavy atom. The average molecular weight is 189 g/mol. The summed E-state index contributed by atoms with van der Waals surface area (Å²) in [6.45, 7) is 5.71. The van der Waals surface area contributed by atoms with Crippen LogP contribution in [0.15, 0.2) is 24.3 Å². The van der Waals surface area contributed by atoms with E-state index >= 15 is 0 Å². The topological polar surface area (TPSA) is 40.9 Å². The molecule has 0 spiro atoms. The first-order chi connectivity index (χ1) is 6.45. The molecule has 0 aliphatic heterocycles. The summed E-state index contributed by atoms with van der Waals surface area (Å²) in [7, 11) is 0. The summed E-state index contributed by atoms with van der Waals surface area (Å²) in [6, 6.07) is 7.11. The van der Waals surface area contributed by atoms with Crippen molar-refractivity contribution in [3.63, 3.8) is 0 Å². The van der Waals surface area contributed by atoms with Crippen LogP contribution in [0.1, 0.15) is 36.7 Å². The van der Waals surface area contributed by atoms with Crippen LogP contribution in [0.3, 0.4) is 0 Å². The maximum atomic E-state index is 11.8. The van der Waals surface area contributed by atoms with Gasteiger partial charge in [-0.3, -0.25) is 4.79 Å². The summed E-state index contributed by atoms with van der Waals surface area (Å²) in [5.41, 5.74) is 1.19. The van der Waals surface area contributed by atoms with Gasteiger partial charge in [0.1, 0.15) is 0 Å². The highest BCUT2D eigenvalue weighted by molar-refractivity contribution is 6.00. The van der Waals surface area contributed by atoms with E-state index in [4.69, 9.17) is 5.41 Å². The second-order valence-electron chi connectivity index (χ2n) is 4.35. The number of ketones is 1. The van der Waals surface area contributed by atoms with Gasteiger partial charge in [-0.25, -0.2) is 0 Å². The van der Waals surface area contributed by atoms with Crippen molar-refractivity contribution in [1.82, 2.24) is 0 Å². The number of carbonyl (C=O) groups is 1. The fourth-order valence-corrected chi connectivity index (χ4v) is 1.16. The van der Waals surface area contributed by atoms with Gasteiger partial charge in [-0.15, -0.1) is 0 Å². The molecule has 0 bridgehead atoms. The number of hydrogen-bond acceptors (Lipinski definition) is 2. The largest absolute Gasteiger partial charge is 0.308 e. The van der Waals surface area contributed by atoms with Crippen LogP contribution in [-0.4, -0.2) is 12.0 Å². The SMILES string of the molecule is CC(C)(C)C(=O)c1ccc(C=N)cc1. The highest BCUT2D eigenvalue weighted by Crippen LogP contribution is 2.20. The van der Waals surface area contributed by atoms with E-state index in [0.717, 1.165) is 5.56 Å². The second kappa shape index (κ2) is 3.74. The molecule has 0 aromatic heterocycles. The van der Waals surface area contributed by atoms with Gasteiger partial charge in [-0.2, -0.15) is 0 Å². The molecule has 2 heteroatoms. The highest BCUT2D eigenvalue weighted by atomic mass is 16.1. The molecule has 74 valence electrons. The van der Waals surface area contributed by atoms with Crippen molar-refractivity contribution in [2.75, 3.05) is 0 Å². The minimum atomic E-state index is -0.341. The minimum Gasteiger partial charge on any atom is -0.308 e. The molecule has 0 radical (unpaired) electrons. The Kier molecular flexibility index (Phi) is 2.84. The molecular weight excluding hydrogens is 174 g/mol. The van der Waals surface area contributed by atoms with E-state index in [-0.39, 0.29) is 11.2 Å². The monoisotopic (exact) mass is 189 g/mol. The normalized spacial score (nSPS) is 11.1. The summed E-state index contributed by atoms with van der Waals surface area (Å²) in [6.07, 6.45) is 1.27. The maximum absolute atomic E-state index is 11.8. The van der Waals surface area contributed by atoms with Crippen molar-refractivity contribution in [3.8, 4) is 0 Å². The Morgan fingerprint density at radius 2 is 1.71 bits per heavy atom. The predicted molar refractivity (Wildman–Crippen MR) is 58.1 cm³/mol. The van der Waals surface area contributed by atoms with E-state index in [1.165, 1.54) is 6.21 Å². The number of nitrogens with one attached hydrogen (secondary N) is 1. The zero-order valence-corrected chi connectivity index (χ0v) is 8.79. The molecule has 0 unspecified atom stereocenters. The number of benzene rings is 1. The molecule has 1 rings (SSSR count). The zero-order valence-electron chi connectivity index (χ0n) is 8.79. The number of hydrogen-bond donors (Lipinski definition) is 1. The molecule has 0 aliphatic carbocycles. The molecule has 0 fully saturated rings. The van der Waals surface area contributed by atoms with Gasteiger partial charge in [0.25, 0.3) is 0 Å². The second-order valence-corrected chi connectivity index (χ2v) is 4.35. The minimum absolute atomic E-state index is 0.133. The Balaban J connectivity index is 2.98. The Morgan fingerprint density at radius 3 is 2.07 bits per heavy atom. The summed E-state index contributed by atoms with van der Waals surface area (Å²) in [5, 5.41) is 7.03. The van der Waals surface area contributed by atoms with Gasteiger partial charge >= 0.3 is 0 Å². The van der Waals surface area contributed by atoms with Crippen molar-refractivity contribution < 1.29 is 4.79 Å². The van der Waals surface area contributed by atoms with Crippen molar-refractivity contribution in [3.05, 3.63) is 35.4 Å². The molecule has 0 aliphatic rings. The van der Waals surface area contributed by atoms with E-state index in [0.29, 0.717) is 5.56 Å². The van der Waals surface area contributed by atoms with Crippen molar-refractivity contribution in [2.45, 2.75) is 20.8 Å². The van der Waals surface area contributed by atoms with Crippen LogP contribution in [0.25, 0.3) is 0 Å². The van der Waals surface area contributed by atoms with E-state index in [1.807, 2.05) is 20.8 Å². The third kappa shape index (κ3) is 2.28. The van der Waals surface area contributed by atoms with Gasteiger partial charge in [0.2, 0.25) is 0 Å². The van der Waals surface area contributed by atoms with Crippen molar-refractivity contribution in [1.29, 1.82) is 5.41 Å². The molecule has 0 saturated carbocycles. The molecule has 14 heavy (non-hydrogen) atoms. The van der Waals surface area contributed by atoms with Gasteiger partial charge in [0, 0.05) is 17.2 Å². The highest BCUT2D eigenvalue weighted by Gasteiger charge is 2.22. The Bertz CT molecular complexity index is 344. The number of carbonyl (C=O) groups excluding carboxylic acids is 1. The molecule has 1 N–H and O–H groups in total. The molecule has 1 aromatic rings. The molecule has 0 amide bonds. The van der Waals surface area contributed by atoms with Crippen LogP contribution in [0.4, 0.5) is 0 Å². The molecular formula is C12H15NO. The lowest BCUT2D eigenvalue weighted by Gasteiger charge is -2.16. The molecule has 0 heterocycles. The molecule has 0 saturated heterocycles. The Labute approximate surface area is 84.5 Å². The van der Waals surface area contributed by atoms with Gasteiger partial charge in [-0.05, 0) is 5.56 Å². The molecule has 2 nitrogen and oxygen atoms in total. The smallest absolute Gasteiger partial charge is 0.168 e. The number of rotatable bonds is 2. The van der Waals surface area contributed by atoms with Gasteiger partial charge in [-0.1, -0.05) is 45.0 Å². The van der Waals surface area contributed by atoms with Crippen molar-refractivity contribution >= 4 is 12.0 Å². The fourth-order valence-electron chi connectivity index (χ4n) is 1.16. The molecule has 0 atom stereocenters. The summed E-state index contributed by atoms with van der Waals surface area (Å²) >= 11 is 0. The number of Topliss-reactive ketones (excluding diaryl/α,β-unsaturated/α-hetero) is 1. The lowest BCUT2D eigenvalue weighted by molar-refractivity contribution is 0.0858. The third-order valence-electron chi connectivity index (χ3n) is 2.02.